The first-order valence-electron chi connectivity index (χ1n) is 8.82. The van der Waals surface area contributed by atoms with Crippen LogP contribution in [0.2, 0.25) is 0 Å². The largest absolute Gasteiger partial charge is 0.340 e. The lowest BCUT2D eigenvalue weighted by atomic mass is 9.87. The molecular weight excluding hydrogens is 360 g/mol. The minimum Gasteiger partial charge on any atom is -0.340 e. The molecule has 144 valence electrons. The molecular formula is C22H21F2N3O. The quantitative estimate of drug-likeness (QED) is 0.614. The van der Waals surface area contributed by atoms with Gasteiger partial charge in [-0.2, -0.15) is 0 Å². The van der Waals surface area contributed by atoms with Crippen LogP contribution in [0, 0.1) is 11.6 Å². The average molecular weight is 381 g/mol. The minimum absolute atomic E-state index is 0.0278. The molecule has 0 saturated carbocycles. The van der Waals surface area contributed by atoms with Crippen molar-refractivity contribution in [1.82, 2.24) is 4.98 Å². The molecule has 28 heavy (non-hydrogen) atoms. The summed E-state index contributed by atoms with van der Waals surface area (Å²) in [6.45, 7) is 6.47. The van der Waals surface area contributed by atoms with E-state index in [2.05, 4.69) is 48.5 Å². The molecule has 1 aromatic heterocycles. The maximum absolute atomic E-state index is 13.3. The lowest BCUT2D eigenvalue weighted by molar-refractivity contribution is 0.102. The molecule has 0 unspecified atom stereocenters. The van der Waals surface area contributed by atoms with Gasteiger partial charge in [0.25, 0.3) is 5.91 Å². The van der Waals surface area contributed by atoms with Crippen LogP contribution in [-0.4, -0.2) is 10.9 Å². The third kappa shape index (κ3) is 4.71. The second-order valence-corrected chi connectivity index (χ2v) is 7.47. The minimum atomic E-state index is -1.07. The third-order valence-corrected chi connectivity index (χ3v) is 4.23. The zero-order valence-corrected chi connectivity index (χ0v) is 15.9. The second kappa shape index (κ2) is 7.76. The maximum Gasteiger partial charge on any atom is 0.255 e. The summed E-state index contributed by atoms with van der Waals surface area (Å²) >= 11 is 0. The molecule has 1 heterocycles. The highest BCUT2D eigenvalue weighted by Gasteiger charge is 2.13. The Balaban J connectivity index is 1.64. The molecule has 0 saturated heterocycles. The van der Waals surface area contributed by atoms with Crippen LogP contribution in [-0.2, 0) is 5.41 Å². The topological polar surface area (TPSA) is 54.0 Å². The monoisotopic (exact) mass is 381 g/mol. The van der Waals surface area contributed by atoms with Crippen LogP contribution in [0.5, 0.6) is 0 Å². The van der Waals surface area contributed by atoms with Crippen molar-refractivity contribution in [3.05, 3.63) is 83.6 Å². The van der Waals surface area contributed by atoms with Crippen LogP contribution >= 0.6 is 0 Å². The van der Waals surface area contributed by atoms with Crippen LogP contribution < -0.4 is 10.6 Å². The highest BCUT2D eigenvalue weighted by atomic mass is 19.2. The summed E-state index contributed by atoms with van der Waals surface area (Å²) in [5.41, 5.74) is 2.70. The Hall–Kier alpha value is -3.28. The number of carbonyl (C=O) groups is 1. The van der Waals surface area contributed by atoms with Gasteiger partial charge in [-0.15, -0.1) is 0 Å². The predicted octanol–water partition coefficient (Wildman–Crippen LogP) is 5.65. The van der Waals surface area contributed by atoms with E-state index in [9.17, 15) is 13.6 Å². The number of halogens is 2. The summed E-state index contributed by atoms with van der Waals surface area (Å²) < 4.78 is 26.2. The molecule has 1 amide bonds. The molecule has 0 aliphatic rings. The SMILES string of the molecule is CC(C)(C)c1ccc(Nc2ccc(NC(=O)c3ccc(F)c(F)c3)cn2)cc1. The first-order valence-corrected chi connectivity index (χ1v) is 8.82. The Morgan fingerprint density at radius 3 is 2.14 bits per heavy atom. The summed E-state index contributed by atoms with van der Waals surface area (Å²) in [5, 5.41) is 5.80. The Kier molecular flexibility index (Phi) is 5.40. The molecule has 0 aliphatic heterocycles. The zero-order chi connectivity index (χ0) is 20.3. The highest BCUT2D eigenvalue weighted by molar-refractivity contribution is 6.04. The molecule has 3 rings (SSSR count). The van der Waals surface area contributed by atoms with E-state index in [1.54, 1.807) is 12.1 Å². The van der Waals surface area contributed by atoms with Crippen molar-refractivity contribution >= 4 is 23.1 Å². The first kappa shape index (κ1) is 19.5. The number of pyridine rings is 1. The normalized spacial score (nSPS) is 11.2. The van der Waals surface area contributed by atoms with Gasteiger partial charge in [0.1, 0.15) is 5.82 Å². The smallest absolute Gasteiger partial charge is 0.255 e. The number of carbonyl (C=O) groups excluding carboxylic acids is 1. The fourth-order valence-electron chi connectivity index (χ4n) is 2.58. The average Bonchev–Trinajstić information content (AvgIpc) is 2.65. The van der Waals surface area contributed by atoms with Gasteiger partial charge in [0.2, 0.25) is 0 Å². The Bertz CT molecular complexity index is 978. The molecule has 3 aromatic rings. The molecule has 0 fully saturated rings. The number of benzene rings is 2. The van der Waals surface area contributed by atoms with Crippen LogP contribution in [0.25, 0.3) is 0 Å². The van der Waals surface area contributed by atoms with Gasteiger partial charge in [-0.3, -0.25) is 4.79 Å². The fraction of sp³-hybridized carbons (Fsp3) is 0.182. The Morgan fingerprint density at radius 2 is 1.57 bits per heavy atom. The summed E-state index contributed by atoms with van der Waals surface area (Å²) in [5.74, 6) is -1.99. The van der Waals surface area contributed by atoms with Crippen LogP contribution in [0.4, 0.5) is 26.0 Å². The van der Waals surface area contributed by atoms with Gasteiger partial charge >= 0.3 is 0 Å². The zero-order valence-electron chi connectivity index (χ0n) is 15.9. The van der Waals surface area contributed by atoms with Gasteiger partial charge in [0.05, 0.1) is 11.9 Å². The molecule has 0 bridgehead atoms. The number of aromatic nitrogens is 1. The van der Waals surface area contributed by atoms with Crippen LogP contribution in [0.3, 0.4) is 0 Å². The summed E-state index contributed by atoms with van der Waals surface area (Å²) in [6, 6.07) is 14.5. The van der Waals surface area contributed by atoms with Gasteiger partial charge in [-0.25, -0.2) is 13.8 Å². The second-order valence-electron chi connectivity index (χ2n) is 7.47. The van der Waals surface area contributed by atoms with E-state index in [0.717, 1.165) is 17.8 Å². The predicted molar refractivity (Wildman–Crippen MR) is 107 cm³/mol. The Morgan fingerprint density at radius 1 is 0.893 bits per heavy atom. The molecule has 0 aliphatic carbocycles. The van der Waals surface area contributed by atoms with Crippen molar-refractivity contribution in [2.75, 3.05) is 10.6 Å². The fourth-order valence-corrected chi connectivity index (χ4v) is 2.58. The lowest BCUT2D eigenvalue weighted by Gasteiger charge is -2.19. The molecule has 2 N–H and O–H groups in total. The molecule has 0 atom stereocenters. The van der Waals surface area contributed by atoms with Gasteiger partial charge in [0.15, 0.2) is 11.6 Å². The van der Waals surface area contributed by atoms with Gasteiger partial charge in [-0.1, -0.05) is 32.9 Å². The van der Waals surface area contributed by atoms with Crippen molar-refractivity contribution in [2.24, 2.45) is 0 Å². The summed E-state index contributed by atoms with van der Waals surface area (Å²) in [6.07, 6.45) is 1.49. The standard InChI is InChI=1S/C22H21F2N3O/c1-22(2,3)15-5-7-16(8-6-15)26-20-11-9-17(13-25-20)27-21(28)14-4-10-18(23)19(24)12-14/h4-13H,1-3H3,(H,25,26)(H,27,28). The van der Waals surface area contributed by atoms with Crippen molar-refractivity contribution < 1.29 is 13.6 Å². The van der Waals surface area contributed by atoms with Crippen molar-refractivity contribution in [3.8, 4) is 0 Å². The van der Waals surface area contributed by atoms with Crippen molar-refractivity contribution in [3.63, 3.8) is 0 Å². The highest BCUT2D eigenvalue weighted by Crippen LogP contribution is 2.24. The van der Waals surface area contributed by atoms with Crippen molar-refractivity contribution in [1.29, 1.82) is 0 Å². The number of hydrogen-bond acceptors (Lipinski definition) is 3. The molecule has 6 heteroatoms. The number of nitrogens with one attached hydrogen (secondary N) is 2. The van der Waals surface area contributed by atoms with E-state index < -0.39 is 17.5 Å². The Labute approximate surface area is 162 Å². The van der Waals surface area contributed by atoms with Crippen LogP contribution in [0.15, 0.2) is 60.8 Å². The van der Waals surface area contributed by atoms with Crippen molar-refractivity contribution in [2.45, 2.75) is 26.2 Å². The first-order chi connectivity index (χ1) is 13.2. The number of rotatable bonds is 4. The van der Waals surface area contributed by atoms with Gasteiger partial charge < -0.3 is 10.6 Å². The molecule has 4 nitrogen and oxygen atoms in total. The molecule has 0 radical (unpaired) electrons. The number of hydrogen-bond donors (Lipinski definition) is 2. The number of amides is 1. The van der Waals surface area contributed by atoms with E-state index in [1.807, 2.05) is 12.1 Å². The lowest BCUT2D eigenvalue weighted by Crippen LogP contribution is -2.12. The molecule has 0 spiro atoms. The maximum atomic E-state index is 13.3. The van der Waals surface area contributed by atoms with E-state index in [-0.39, 0.29) is 11.0 Å². The summed E-state index contributed by atoms with van der Waals surface area (Å²) in [7, 11) is 0. The summed E-state index contributed by atoms with van der Waals surface area (Å²) in [4.78, 5) is 16.4. The van der Waals surface area contributed by atoms with E-state index in [4.69, 9.17) is 0 Å². The van der Waals surface area contributed by atoms with E-state index >= 15 is 0 Å². The van der Waals surface area contributed by atoms with E-state index in [0.29, 0.717) is 11.5 Å². The van der Waals surface area contributed by atoms with Gasteiger partial charge in [-0.05, 0) is 53.4 Å². The number of nitrogens with zero attached hydrogens (tertiary/aromatic N) is 1. The number of anilines is 3. The van der Waals surface area contributed by atoms with Crippen LogP contribution in [0.1, 0.15) is 36.7 Å². The van der Waals surface area contributed by atoms with Gasteiger partial charge in [0, 0.05) is 11.3 Å². The van der Waals surface area contributed by atoms with E-state index in [1.165, 1.54) is 17.8 Å². The molecule has 2 aromatic carbocycles. The third-order valence-electron chi connectivity index (χ3n) is 4.23.